The minimum absolute atomic E-state index is 0.291. The number of nitrogens with zero attached hydrogens (tertiary/aromatic N) is 1. The van der Waals surface area contributed by atoms with Gasteiger partial charge in [0.1, 0.15) is 0 Å². The summed E-state index contributed by atoms with van der Waals surface area (Å²) >= 11 is 0. The maximum Gasteiger partial charge on any atom is 0.264 e. The summed E-state index contributed by atoms with van der Waals surface area (Å²) in [7, 11) is -2.00. The van der Waals surface area contributed by atoms with Gasteiger partial charge < -0.3 is 4.98 Å². The second-order valence-corrected chi connectivity index (χ2v) is 8.16. The Kier molecular flexibility index (Phi) is 3.54. The first-order valence-electron chi connectivity index (χ1n) is 8.03. The Hall–Kier alpha value is -2.79. The number of benzene rings is 3. The SMILES string of the molecule is Cc1ccc(S(=O)(=O)N(C)c2ccc3[nH]c4ccccc4c3c2)cc1. The molecule has 0 aliphatic rings. The third-order valence-electron chi connectivity index (χ3n) is 4.53. The number of nitrogens with one attached hydrogen (secondary N) is 1. The molecule has 0 bridgehead atoms. The molecule has 4 aromatic rings. The van der Waals surface area contributed by atoms with E-state index in [4.69, 9.17) is 0 Å². The zero-order valence-electron chi connectivity index (χ0n) is 14.0. The van der Waals surface area contributed by atoms with E-state index in [-0.39, 0.29) is 0 Å². The molecule has 0 unspecified atom stereocenters. The van der Waals surface area contributed by atoms with E-state index in [1.165, 1.54) is 4.31 Å². The lowest BCUT2D eigenvalue weighted by atomic mass is 10.1. The molecular formula is C20H18N2O2S. The smallest absolute Gasteiger partial charge is 0.264 e. The third-order valence-corrected chi connectivity index (χ3v) is 6.33. The Morgan fingerprint density at radius 3 is 2.28 bits per heavy atom. The van der Waals surface area contributed by atoms with E-state index in [1.54, 1.807) is 19.2 Å². The second kappa shape index (κ2) is 5.63. The first kappa shape index (κ1) is 15.7. The molecule has 0 saturated heterocycles. The van der Waals surface area contributed by atoms with Crippen LogP contribution in [0.2, 0.25) is 0 Å². The van der Waals surface area contributed by atoms with Gasteiger partial charge in [0.05, 0.1) is 10.6 Å². The van der Waals surface area contributed by atoms with E-state index in [0.29, 0.717) is 10.6 Å². The minimum atomic E-state index is -3.59. The van der Waals surface area contributed by atoms with E-state index in [1.807, 2.05) is 61.5 Å². The van der Waals surface area contributed by atoms with Crippen molar-refractivity contribution in [3.63, 3.8) is 0 Å². The van der Waals surface area contributed by atoms with E-state index in [9.17, 15) is 8.42 Å². The number of anilines is 1. The molecular weight excluding hydrogens is 332 g/mol. The maximum absolute atomic E-state index is 12.9. The van der Waals surface area contributed by atoms with Crippen LogP contribution in [0.4, 0.5) is 5.69 Å². The molecule has 0 spiro atoms. The first-order chi connectivity index (χ1) is 12.0. The van der Waals surface area contributed by atoms with Crippen LogP contribution in [-0.2, 0) is 10.0 Å². The van der Waals surface area contributed by atoms with Crippen molar-refractivity contribution in [3.05, 3.63) is 72.3 Å². The fourth-order valence-corrected chi connectivity index (χ4v) is 4.23. The summed E-state index contributed by atoms with van der Waals surface area (Å²) in [6.45, 7) is 1.94. The van der Waals surface area contributed by atoms with Gasteiger partial charge in [0.25, 0.3) is 10.0 Å². The number of aromatic amines is 1. The highest BCUT2D eigenvalue weighted by Crippen LogP contribution is 2.30. The van der Waals surface area contributed by atoms with Crippen LogP contribution in [0.25, 0.3) is 21.8 Å². The van der Waals surface area contributed by atoms with Gasteiger partial charge in [-0.05, 0) is 43.3 Å². The quantitative estimate of drug-likeness (QED) is 0.593. The van der Waals surface area contributed by atoms with Crippen molar-refractivity contribution in [3.8, 4) is 0 Å². The van der Waals surface area contributed by atoms with Crippen molar-refractivity contribution < 1.29 is 8.42 Å². The van der Waals surface area contributed by atoms with Gasteiger partial charge in [-0.2, -0.15) is 0 Å². The van der Waals surface area contributed by atoms with Crippen molar-refractivity contribution in [1.82, 2.24) is 4.98 Å². The number of fused-ring (bicyclic) bond motifs is 3. The first-order valence-corrected chi connectivity index (χ1v) is 9.47. The lowest BCUT2D eigenvalue weighted by molar-refractivity contribution is 0.594. The summed E-state index contributed by atoms with van der Waals surface area (Å²) in [5.41, 5.74) is 3.70. The summed E-state index contributed by atoms with van der Waals surface area (Å²) < 4.78 is 27.1. The molecule has 0 radical (unpaired) electrons. The van der Waals surface area contributed by atoms with Crippen molar-refractivity contribution >= 4 is 37.5 Å². The molecule has 126 valence electrons. The molecule has 0 saturated carbocycles. The fourth-order valence-electron chi connectivity index (χ4n) is 3.04. The Morgan fingerprint density at radius 1 is 0.840 bits per heavy atom. The van der Waals surface area contributed by atoms with Gasteiger partial charge in [-0.15, -0.1) is 0 Å². The predicted octanol–water partition coefficient (Wildman–Crippen LogP) is 4.45. The largest absolute Gasteiger partial charge is 0.355 e. The van der Waals surface area contributed by atoms with E-state index in [0.717, 1.165) is 27.4 Å². The second-order valence-electron chi connectivity index (χ2n) is 6.19. The lowest BCUT2D eigenvalue weighted by Gasteiger charge is -2.19. The molecule has 25 heavy (non-hydrogen) atoms. The molecule has 0 aliphatic carbocycles. The van der Waals surface area contributed by atoms with Gasteiger partial charge >= 0.3 is 0 Å². The van der Waals surface area contributed by atoms with Gasteiger partial charge in [0.2, 0.25) is 0 Å². The van der Waals surface area contributed by atoms with Crippen LogP contribution in [-0.4, -0.2) is 20.4 Å². The molecule has 3 aromatic carbocycles. The summed E-state index contributed by atoms with van der Waals surface area (Å²) in [6, 6.07) is 20.6. The molecule has 1 N–H and O–H groups in total. The number of H-pyrrole nitrogens is 1. The highest BCUT2D eigenvalue weighted by Gasteiger charge is 2.21. The Morgan fingerprint density at radius 2 is 1.52 bits per heavy atom. The van der Waals surface area contributed by atoms with Crippen molar-refractivity contribution in [1.29, 1.82) is 0 Å². The van der Waals surface area contributed by atoms with Crippen LogP contribution in [0.1, 0.15) is 5.56 Å². The monoisotopic (exact) mass is 350 g/mol. The standard InChI is InChI=1S/C20H18N2O2S/c1-14-7-10-16(11-8-14)25(23,24)22(2)15-9-12-20-18(13-15)17-5-3-4-6-19(17)21-20/h3-13,21H,1-2H3. The van der Waals surface area contributed by atoms with Crippen molar-refractivity contribution in [2.75, 3.05) is 11.4 Å². The van der Waals surface area contributed by atoms with E-state index in [2.05, 4.69) is 4.98 Å². The maximum atomic E-state index is 12.9. The highest BCUT2D eigenvalue weighted by molar-refractivity contribution is 7.92. The fraction of sp³-hybridized carbons (Fsp3) is 0.100. The molecule has 4 nitrogen and oxygen atoms in total. The number of rotatable bonds is 3. The minimum Gasteiger partial charge on any atom is -0.355 e. The average molecular weight is 350 g/mol. The topological polar surface area (TPSA) is 53.2 Å². The van der Waals surface area contributed by atoms with Crippen LogP contribution in [0, 0.1) is 6.92 Å². The Balaban J connectivity index is 1.83. The zero-order chi connectivity index (χ0) is 17.6. The number of para-hydroxylation sites is 1. The molecule has 0 amide bonds. The molecule has 0 aliphatic heterocycles. The molecule has 4 rings (SSSR count). The number of hydrogen-bond acceptors (Lipinski definition) is 2. The van der Waals surface area contributed by atoms with Crippen LogP contribution >= 0.6 is 0 Å². The van der Waals surface area contributed by atoms with Gasteiger partial charge in [-0.1, -0.05) is 35.9 Å². The van der Waals surface area contributed by atoms with Crippen molar-refractivity contribution in [2.24, 2.45) is 0 Å². The lowest BCUT2D eigenvalue weighted by Crippen LogP contribution is -2.26. The summed E-state index contributed by atoms with van der Waals surface area (Å²) in [4.78, 5) is 3.64. The zero-order valence-corrected chi connectivity index (χ0v) is 14.8. The van der Waals surface area contributed by atoms with Crippen LogP contribution < -0.4 is 4.31 Å². The van der Waals surface area contributed by atoms with Gasteiger partial charge in [0.15, 0.2) is 0 Å². The normalized spacial score (nSPS) is 11.9. The van der Waals surface area contributed by atoms with Crippen LogP contribution in [0.15, 0.2) is 71.6 Å². The predicted molar refractivity (Wildman–Crippen MR) is 103 cm³/mol. The van der Waals surface area contributed by atoms with Gasteiger partial charge in [-0.3, -0.25) is 4.31 Å². The average Bonchev–Trinajstić information content (AvgIpc) is 2.99. The molecule has 0 fully saturated rings. The molecule has 0 atom stereocenters. The number of aryl methyl sites for hydroxylation is 1. The van der Waals surface area contributed by atoms with Crippen LogP contribution in [0.3, 0.4) is 0 Å². The van der Waals surface area contributed by atoms with Gasteiger partial charge in [0, 0.05) is 28.9 Å². The van der Waals surface area contributed by atoms with Crippen LogP contribution in [0.5, 0.6) is 0 Å². The van der Waals surface area contributed by atoms with Crippen molar-refractivity contribution in [2.45, 2.75) is 11.8 Å². The molecule has 5 heteroatoms. The van der Waals surface area contributed by atoms with Gasteiger partial charge in [-0.25, -0.2) is 8.42 Å². The number of aromatic nitrogens is 1. The molecule has 1 heterocycles. The van der Waals surface area contributed by atoms with E-state index >= 15 is 0 Å². The highest BCUT2D eigenvalue weighted by atomic mass is 32.2. The number of sulfonamides is 1. The third kappa shape index (κ3) is 2.57. The summed E-state index contributed by atoms with van der Waals surface area (Å²) in [5.74, 6) is 0. The Bertz CT molecular complexity index is 1180. The number of hydrogen-bond donors (Lipinski definition) is 1. The Labute approximate surface area is 146 Å². The summed E-state index contributed by atoms with van der Waals surface area (Å²) in [6.07, 6.45) is 0. The van der Waals surface area contributed by atoms with E-state index < -0.39 is 10.0 Å². The summed E-state index contributed by atoms with van der Waals surface area (Å²) in [5, 5.41) is 2.10. The molecule has 1 aromatic heterocycles.